The van der Waals surface area contributed by atoms with Gasteiger partial charge < -0.3 is 10.6 Å². The molecule has 0 radical (unpaired) electrons. The van der Waals surface area contributed by atoms with Crippen molar-refractivity contribution in [3.63, 3.8) is 0 Å². The summed E-state index contributed by atoms with van der Waals surface area (Å²) in [5, 5.41) is 7.33. The monoisotopic (exact) mass is 316 g/mol. The Hall–Kier alpha value is -2.41. The molecule has 0 aliphatic carbocycles. The number of nitrogens with one attached hydrogen (secondary N) is 3. The van der Waals surface area contributed by atoms with Crippen molar-refractivity contribution in [2.45, 2.75) is 25.4 Å². The van der Waals surface area contributed by atoms with Crippen LogP contribution in [0.1, 0.15) is 17.5 Å². The minimum Gasteiger partial charge on any atom is -0.355 e. The third-order valence-corrected chi connectivity index (χ3v) is 4.21. The molecule has 0 spiro atoms. The molecule has 1 saturated heterocycles. The van der Waals surface area contributed by atoms with E-state index in [1.807, 2.05) is 6.07 Å². The predicted molar refractivity (Wildman–Crippen MR) is 83.5 cm³/mol. The van der Waals surface area contributed by atoms with Crippen LogP contribution in [0.5, 0.6) is 0 Å². The standard InChI is InChI=1S/C16H20N4O3/c21-14(9-13-15(22)19-16(23)18-13)17-6-8-20-7-5-11-3-1-2-4-12(11)10-20/h1-4,13H,5-10H2,(H,17,21)(H2,18,19,22,23)/t13-/m1/s1. The molecule has 0 unspecified atom stereocenters. The number of hydrogen-bond donors (Lipinski definition) is 3. The van der Waals surface area contributed by atoms with E-state index in [-0.39, 0.29) is 12.3 Å². The number of carbonyl (C=O) groups is 3. The van der Waals surface area contributed by atoms with Crippen molar-refractivity contribution in [1.82, 2.24) is 20.9 Å². The van der Waals surface area contributed by atoms with Crippen molar-refractivity contribution in [1.29, 1.82) is 0 Å². The average Bonchev–Trinajstić information content (AvgIpc) is 2.84. The first kappa shape index (κ1) is 15.5. The maximum absolute atomic E-state index is 11.8. The molecule has 1 aromatic rings. The van der Waals surface area contributed by atoms with E-state index >= 15 is 0 Å². The summed E-state index contributed by atoms with van der Waals surface area (Å²) in [4.78, 5) is 36.5. The highest BCUT2D eigenvalue weighted by atomic mass is 16.2. The van der Waals surface area contributed by atoms with Gasteiger partial charge in [-0.1, -0.05) is 24.3 Å². The second kappa shape index (κ2) is 6.78. The summed E-state index contributed by atoms with van der Waals surface area (Å²) in [6, 6.07) is 7.11. The van der Waals surface area contributed by atoms with E-state index in [9.17, 15) is 14.4 Å². The van der Waals surface area contributed by atoms with Crippen LogP contribution in [0.3, 0.4) is 0 Å². The van der Waals surface area contributed by atoms with Crippen LogP contribution in [0.2, 0.25) is 0 Å². The number of carbonyl (C=O) groups excluding carboxylic acids is 3. The molecule has 1 atom stereocenters. The van der Waals surface area contributed by atoms with Crippen molar-refractivity contribution in [3.05, 3.63) is 35.4 Å². The second-order valence-corrected chi connectivity index (χ2v) is 5.86. The molecule has 1 aromatic carbocycles. The fraction of sp³-hybridized carbons (Fsp3) is 0.438. The van der Waals surface area contributed by atoms with Gasteiger partial charge in [0, 0.05) is 26.2 Å². The lowest BCUT2D eigenvalue weighted by molar-refractivity contribution is -0.126. The molecule has 23 heavy (non-hydrogen) atoms. The summed E-state index contributed by atoms with van der Waals surface area (Å²) in [5.41, 5.74) is 2.74. The highest BCUT2D eigenvalue weighted by Gasteiger charge is 2.31. The molecule has 2 aliphatic heterocycles. The zero-order chi connectivity index (χ0) is 16.2. The van der Waals surface area contributed by atoms with Gasteiger partial charge in [0.25, 0.3) is 5.91 Å². The number of urea groups is 1. The van der Waals surface area contributed by atoms with Gasteiger partial charge in [-0.15, -0.1) is 0 Å². The number of amides is 4. The first-order chi connectivity index (χ1) is 11.1. The Morgan fingerprint density at radius 2 is 2.04 bits per heavy atom. The molecule has 7 nitrogen and oxygen atoms in total. The van der Waals surface area contributed by atoms with Crippen LogP contribution in [0, 0.1) is 0 Å². The fourth-order valence-corrected chi connectivity index (χ4v) is 2.96. The number of hydrogen-bond acceptors (Lipinski definition) is 4. The van der Waals surface area contributed by atoms with Gasteiger partial charge in [-0.3, -0.25) is 19.8 Å². The fourth-order valence-electron chi connectivity index (χ4n) is 2.96. The molecule has 0 saturated carbocycles. The van der Waals surface area contributed by atoms with Gasteiger partial charge in [0.05, 0.1) is 6.42 Å². The van der Waals surface area contributed by atoms with Gasteiger partial charge in [-0.25, -0.2) is 4.79 Å². The first-order valence-corrected chi connectivity index (χ1v) is 7.79. The lowest BCUT2D eigenvalue weighted by Gasteiger charge is -2.28. The summed E-state index contributed by atoms with van der Waals surface area (Å²) in [7, 11) is 0. The highest BCUT2D eigenvalue weighted by molar-refractivity contribution is 6.05. The third kappa shape index (κ3) is 3.87. The third-order valence-electron chi connectivity index (χ3n) is 4.21. The zero-order valence-electron chi connectivity index (χ0n) is 12.8. The topological polar surface area (TPSA) is 90.5 Å². The molecule has 2 aliphatic rings. The number of benzene rings is 1. The molecule has 0 aromatic heterocycles. The summed E-state index contributed by atoms with van der Waals surface area (Å²) in [6.45, 7) is 3.17. The quantitative estimate of drug-likeness (QED) is 0.654. The number of nitrogens with zero attached hydrogens (tertiary/aromatic N) is 1. The van der Waals surface area contributed by atoms with E-state index in [1.54, 1.807) is 0 Å². The molecule has 122 valence electrons. The van der Waals surface area contributed by atoms with Gasteiger partial charge in [0.15, 0.2) is 0 Å². The zero-order valence-corrected chi connectivity index (χ0v) is 12.8. The van der Waals surface area contributed by atoms with E-state index in [4.69, 9.17) is 0 Å². The lowest BCUT2D eigenvalue weighted by Crippen LogP contribution is -2.40. The minimum atomic E-state index is -0.760. The van der Waals surface area contributed by atoms with Crippen LogP contribution < -0.4 is 16.0 Å². The largest absolute Gasteiger partial charge is 0.355 e. The maximum atomic E-state index is 11.8. The molecular weight excluding hydrogens is 296 g/mol. The molecule has 3 rings (SSSR count). The average molecular weight is 316 g/mol. The Labute approximate surface area is 134 Å². The van der Waals surface area contributed by atoms with Crippen molar-refractivity contribution in [2.75, 3.05) is 19.6 Å². The predicted octanol–water partition coefficient (Wildman–Crippen LogP) is -0.241. The summed E-state index contributed by atoms with van der Waals surface area (Å²) in [5.74, 6) is -0.678. The summed E-state index contributed by atoms with van der Waals surface area (Å²) >= 11 is 0. The van der Waals surface area contributed by atoms with E-state index in [1.165, 1.54) is 11.1 Å². The molecule has 2 heterocycles. The van der Waals surface area contributed by atoms with Gasteiger partial charge in [0.1, 0.15) is 6.04 Å². The van der Waals surface area contributed by atoms with Crippen molar-refractivity contribution in [2.24, 2.45) is 0 Å². The van der Waals surface area contributed by atoms with Gasteiger partial charge in [-0.05, 0) is 17.5 Å². The van der Waals surface area contributed by atoms with E-state index in [0.29, 0.717) is 6.54 Å². The Balaban J connectivity index is 1.39. The first-order valence-electron chi connectivity index (χ1n) is 7.79. The number of imide groups is 1. The summed E-state index contributed by atoms with van der Waals surface area (Å²) in [6.07, 6.45) is 0.999. The van der Waals surface area contributed by atoms with Gasteiger partial charge in [0.2, 0.25) is 5.91 Å². The Morgan fingerprint density at radius 1 is 1.26 bits per heavy atom. The van der Waals surface area contributed by atoms with Crippen LogP contribution in [0.25, 0.3) is 0 Å². The number of rotatable bonds is 5. The van der Waals surface area contributed by atoms with Crippen LogP contribution in [-0.4, -0.2) is 48.4 Å². The van der Waals surface area contributed by atoms with Crippen LogP contribution in [0.15, 0.2) is 24.3 Å². The Morgan fingerprint density at radius 3 is 2.78 bits per heavy atom. The summed E-state index contributed by atoms with van der Waals surface area (Å²) < 4.78 is 0. The van der Waals surface area contributed by atoms with Crippen molar-refractivity contribution < 1.29 is 14.4 Å². The minimum absolute atomic E-state index is 0.0274. The molecule has 3 N–H and O–H groups in total. The van der Waals surface area contributed by atoms with E-state index in [0.717, 1.165) is 26.1 Å². The van der Waals surface area contributed by atoms with Crippen molar-refractivity contribution in [3.8, 4) is 0 Å². The number of fused-ring (bicyclic) bond motifs is 1. The molecule has 0 bridgehead atoms. The Bertz CT molecular complexity index is 632. The molecular formula is C16H20N4O3. The van der Waals surface area contributed by atoms with E-state index in [2.05, 4.69) is 39.0 Å². The van der Waals surface area contributed by atoms with Gasteiger partial charge >= 0.3 is 6.03 Å². The van der Waals surface area contributed by atoms with Crippen LogP contribution in [0.4, 0.5) is 4.79 Å². The smallest absolute Gasteiger partial charge is 0.322 e. The van der Waals surface area contributed by atoms with Gasteiger partial charge in [-0.2, -0.15) is 0 Å². The molecule has 4 amide bonds. The normalized spacial score (nSPS) is 20.6. The SMILES string of the molecule is O=C(C[C@H]1NC(=O)NC1=O)NCCN1CCc2ccccc2C1. The Kier molecular flexibility index (Phi) is 4.57. The molecule has 1 fully saturated rings. The second-order valence-electron chi connectivity index (χ2n) is 5.86. The molecule has 7 heteroatoms. The van der Waals surface area contributed by atoms with Crippen LogP contribution in [-0.2, 0) is 22.6 Å². The van der Waals surface area contributed by atoms with Crippen LogP contribution >= 0.6 is 0 Å². The highest BCUT2D eigenvalue weighted by Crippen LogP contribution is 2.17. The maximum Gasteiger partial charge on any atom is 0.322 e. The van der Waals surface area contributed by atoms with E-state index < -0.39 is 18.0 Å². The lowest BCUT2D eigenvalue weighted by atomic mass is 10.00. The van der Waals surface area contributed by atoms with Crippen molar-refractivity contribution >= 4 is 17.8 Å².